The van der Waals surface area contributed by atoms with Gasteiger partial charge in [-0.15, -0.1) is 0 Å². The van der Waals surface area contributed by atoms with Gasteiger partial charge in [0.25, 0.3) is 0 Å². The molecule has 23 heavy (non-hydrogen) atoms. The summed E-state index contributed by atoms with van der Waals surface area (Å²) in [5, 5.41) is 7.88. The van der Waals surface area contributed by atoms with Gasteiger partial charge in [0.05, 0.1) is 0 Å². The van der Waals surface area contributed by atoms with E-state index in [0.29, 0.717) is 26.6 Å². The van der Waals surface area contributed by atoms with Crippen molar-refractivity contribution in [3.05, 3.63) is 27.5 Å². The van der Waals surface area contributed by atoms with E-state index in [1.807, 2.05) is 13.8 Å². The number of alkyl halides is 2. The van der Waals surface area contributed by atoms with Gasteiger partial charge in [0.2, 0.25) is 0 Å². The van der Waals surface area contributed by atoms with Crippen molar-refractivity contribution < 1.29 is 8.78 Å². The first-order chi connectivity index (χ1) is 11.0. The van der Waals surface area contributed by atoms with Crippen LogP contribution in [0, 0.1) is 6.92 Å². The molecule has 0 atom stereocenters. The molecule has 10 heteroatoms. The Bertz CT molecular complexity index is 822. The van der Waals surface area contributed by atoms with Gasteiger partial charge in [-0.2, -0.15) is 0 Å². The molecule has 0 unspecified atom stereocenters. The molecule has 0 saturated heterocycles. The molecule has 0 bridgehead atoms. The van der Waals surface area contributed by atoms with E-state index in [9.17, 15) is 8.78 Å². The minimum atomic E-state index is -2.59. The number of hydrogen-bond acceptors (Lipinski definition) is 4. The van der Waals surface area contributed by atoms with Gasteiger partial charge in [0.1, 0.15) is 0 Å². The second kappa shape index (κ2) is 7.94. The molecule has 3 aromatic rings. The predicted molar refractivity (Wildman–Crippen MR) is 90.9 cm³/mol. The van der Waals surface area contributed by atoms with Crippen LogP contribution in [-0.4, -0.2) is 34.1 Å². The molecule has 124 valence electrons. The maximum absolute atomic E-state index is 12.7. The average molecular weight is 444 g/mol. The number of nitrogens with zero attached hydrogens (tertiary/aromatic N) is 4. The zero-order valence-electron chi connectivity index (χ0n) is 12.3. The van der Waals surface area contributed by atoms with E-state index < -0.39 is 20.9 Å². The second-order valence-corrected chi connectivity index (χ2v) is 7.70. The van der Waals surface area contributed by atoms with Crippen LogP contribution < -0.4 is 0 Å². The van der Waals surface area contributed by atoms with Crippen LogP contribution in [0.1, 0.15) is 30.5 Å². The second-order valence-electron chi connectivity index (χ2n) is 4.09. The summed E-state index contributed by atoms with van der Waals surface area (Å²) >= 11 is 5.59. The summed E-state index contributed by atoms with van der Waals surface area (Å²) in [6.45, 7) is 5.80. The number of hydrogen-bond donors (Lipinski definition) is 0. The molecular formula is C13H12Cl2F2N4SSe. The molecule has 0 amide bonds. The Morgan fingerprint density at radius 2 is 2.00 bits per heavy atom. The molecule has 3 heterocycles. The van der Waals surface area contributed by atoms with Crippen LogP contribution in [0.5, 0.6) is 0 Å². The van der Waals surface area contributed by atoms with Gasteiger partial charge in [-0.1, -0.05) is 13.8 Å². The van der Waals surface area contributed by atoms with Gasteiger partial charge < -0.3 is 0 Å². The van der Waals surface area contributed by atoms with Crippen molar-refractivity contribution in [2.24, 2.45) is 0 Å². The number of fused-ring (bicyclic) bond motifs is 1. The number of halogens is 4. The van der Waals surface area contributed by atoms with Crippen LogP contribution >= 0.6 is 33.3 Å². The zero-order chi connectivity index (χ0) is 17.1. The van der Waals surface area contributed by atoms with Crippen LogP contribution in [0.25, 0.3) is 15.9 Å². The summed E-state index contributed by atoms with van der Waals surface area (Å²) < 4.78 is 27.3. The third-order valence-corrected chi connectivity index (χ3v) is 5.91. The number of aromatic nitrogens is 4. The van der Waals surface area contributed by atoms with Crippen molar-refractivity contribution in [1.82, 2.24) is 19.6 Å². The number of pyridine rings is 1. The van der Waals surface area contributed by atoms with E-state index in [-0.39, 0.29) is 4.57 Å². The Labute approximate surface area is 151 Å². The Balaban J connectivity index is 0.000000924. The first kappa shape index (κ1) is 18.7. The Morgan fingerprint density at radius 1 is 1.30 bits per heavy atom. The van der Waals surface area contributed by atoms with Crippen molar-refractivity contribution in [2.75, 3.05) is 0 Å². The van der Waals surface area contributed by atoms with Crippen LogP contribution in [-0.2, 0) is 0 Å². The van der Waals surface area contributed by atoms with Crippen LogP contribution in [0.15, 0.2) is 17.2 Å². The van der Waals surface area contributed by atoms with Crippen molar-refractivity contribution in [2.45, 2.75) is 32.1 Å². The van der Waals surface area contributed by atoms with Crippen molar-refractivity contribution >= 4 is 53.3 Å². The first-order valence-electron chi connectivity index (χ1n) is 6.60. The van der Waals surface area contributed by atoms with E-state index >= 15 is 0 Å². The summed E-state index contributed by atoms with van der Waals surface area (Å²) in [6, 6.07) is 1.73. The zero-order valence-corrected chi connectivity index (χ0v) is 16.4. The van der Waals surface area contributed by atoms with E-state index in [2.05, 4.69) is 15.2 Å². The number of aryl methyl sites for hydroxylation is 1. The normalized spacial score (nSPS) is 11.0. The van der Waals surface area contributed by atoms with Gasteiger partial charge in [-0.25, -0.2) is 0 Å². The average Bonchev–Trinajstić information content (AvgIpc) is 3.14. The van der Waals surface area contributed by atoms with Crippen molar-refractivity contribution in [1.29, 1.82) is 0 Å². The van der Waals surface area contributed by atoms with Gasteiger partial charge >= 0.3 is 138 Å². The maximum atomic E-state index is 12.7. The van der Waals surface area contributed by atoms with Gasteiger partial charge in [0, 0.05) is 0 Å². The van der Waals surface area contributed by atoms with E-state index in [1.165, 1.54) is 0 Å². The van der Waals surface area contributed by atoms with Gasteiger partial charge in [0.15, 0.2) is 0 Å². The topological polar surface area (TPSA) is 43.1 Å². The van der Waals surface area contributed by atoms with Crippen LogP contribution in [0.4, 0.5) is 8.78 Å². The summed E-state index contributed by atoms with van der Waals surface area (Å²) in [7, 11) is 6.78. The summed E-state index contributed by atoms with van der Waals surface area (Å²) in [6.07, 6.45) is -0.830. The molecule has 0 radical (unpaired) electrons. The van der Waals surface area contributed by atoms with E-state index in [0.717, 1.165) is 15.9 Å². The predicted octanol–water partition coefficient (Wildman–Crippen LogP) is 5.02. The molecule has 0 aliphatic rings. The monoisotopic (exact) mass is 444 g/mol. The molecule has 0 fully saturated rings. The minimum absolute atomic E-state index is 0.194. The molecule has 0 N–H and O–H groups in total. The molecule has 0 saturated carbocycles. The fourth-order valence-electron chi connectivity index (χ4n) is 1.92. The molecule has 3 rings (SSSR count). The molecule has 0 aromatic carbocycles. The summed E-state index contributed by atoms with van der Waals surface area (Å²) in [4.78, 5) is 5.13. The fraction of sp³-hybridized carbons (Fsp3) is 0.308. The Kier molecular flexibility index (Phi) is 6.45. The Morgan fingerprint density at radius 3 is 2.57 bits per heavy atom. The van der Waals surface area contributed by atoms with E-state index in [1.54, 1.807) is 23.6 Å². The van der Waals surface area contributed by atoms with E-state index in [4.69, 9.17) is 22.3 Å². The molecule has 0 aliphatic heterocycles. The molecule has 0 spiro atoms. The summed E-state index contributed by atoms with van der Waals surface area (Å²) in [5.74, 6) is 0.483. The van der Waals surface area contributed by atoms with Crippen LogP contribution in [0.3, 0.4) is 0 Å². The fourth-order valence-corrected chi connectivity index (χ4v) is 4.33. The Hall–Kier alpha value is -0.661. The summed E-state index contributed by atoms with van der Waals surface area (Å²) in [5.41, 5.74) is 1.41. The molecule has 4 nitrogen and oxygen atoms in total. The quantitative estimate of drug-likeness (QED) is 0.533. The SMILES string of the molecule is CC.Cc1nc(-c2nnc(C(F)F)[se]2)n2cc(SCl)cc(Cl)c12. The van der Waals surface area contributed by atoms with Gasteiger partial charge in [-0.05, 0) is 0 Å². The molecular weight excluding hydrogens is 432 g/mol. The molecule has 3 aromatic heterocycles. The number of imidazole rings is 1. The molecule has 0 aliphatic carbocycles. The van der Waals surface area contributed by atoms with Crippen molar-refractivity contribution in [3.63, 3.8) is 0 Å². The van der Waals surface area contributed by atoms with Crippen molar-refractivity contribution in [3.8, 4) is 10.4 Å². The number of rotatable bonds is 3. The standard InChI is InChI=1S/C11H6Cl2F2N4SSe.C2H6/c1-4-7-6(12)2-5(20-13)3-19(7)9(16-4)11-18-17-10(21-11)8(14)15;1-2/h2-3,8H,1H3;1-2H3. The third kappa shape index (κ3) is 3.72. The van der Waals surface area contributed by atoms with Crippen LogP contribution in [0.2, 0.25) is 5.02 Å². The first-order valence-corrected chi connectivity index (χ1v) is 10.3. The third-order valence-electron chi connectivity index (χ3n) is 2.74. The van der Waals surface area contributed by atoms with Gasteiger partial charge in [-0.3, -0.25) is 0 Å².